The summed E-state index contributed by atoms with van der Waals surface area (Å²) in [7, 11) is 3.79. The first-order chi connectivity index (χ1) is 10.0. The van der Waals surface area contributed by atoms with Crippen LogP contribution in [-0.4, -0.2) is 54.6 Å². The summed E-state index contributed by atoms with van der Waals surface area (Å²) in [5.74, 6) is 1.58. The van der Waals surface area contributed by atoms with E-state index in [1.165, 1.54) is 0 Å². The third-order valence-corrected chi connectivity index (χ3v) is 3.53. The Kier molecular flexibility index (Phi) is 4.77. The molecule has 0 saturated carbocycles. The van der Waals surface area contributed by atoms with E-state index in [4.69, 9.17) is 5.73 Å². The Balaban J connectivity index is 2.17. The minimum Gasteiger partial charge on any atom is -0.369 e. The van der Waals surface area contributed by atoms with Gasteiger partial charge in [-0.3, -0.25) is 4.79 Å². The van der Waals surface area contributed by atoms with Crippen molar-refractivity contribution in [2.45, 2.75) is 19.8 Å². The maximum atomic E-state index is 11.2. The standard InChI is InChI=1S/C13H23N7O/c1-4-15-11-16-12(19(2)3)18-13(17-11)20-7-5-9(6-8-20)10(14)21/h9H,4-8H2,1-3H3,(H2,14,21)(H,15,16,17,18). The number of hydrogen-bond acceptors (Lipinski definition) is 7. The quantitative estimate of drug-likeness (QED) is 0.792. The fourth-order valence-electron chi connectivity index (χ4n) is 2.30. The Morgan fingerprint density at radius 2 is 2.00 bits per heavy atom. The molecule has 1 aliphatic rings. The van der Waals surface area contributed by atoms with Gasteiger partial charge in [-0.05, 0) is 19.8 Å². The highest BCUT2D eigenvalue weighted by molar-refractivity contribution is 5.76. The van der Waals surface area contributed by atoms with Crippen molar-refractivity contribution in [1.82, 2.24) is 15.0 Å². The lowest BCUT2D eigenvalue weighted by atomic mass is 9.96. The molecule has 0 aliphatic carbocycles. The molecule has 1 aromatic heterocycles. The predicted molar refractivity (Wildman–Crippen MR) is 82.4 cm³/mol. The third kappa shape index (κ3) is 3.71. The van der Waals surface area contributed by atoms with E-state index < -0.39 is 0 Å². The number of carbonyl (C=O) groups excluding carboxylic acids is 1. The van der Waals surface area contributed by atoms with Crippen LogP contribution in [0, 0.1) is 5.92 Å². The van der Waals surface area contributed by atoms with Crippen molar-refractivity contribution in [1.29, 1.82) is 0 Å². The molecule has 2 rings (SSSR count). The normalized spacial score (nSPS) is 15.9. The van der Waals surface area contributed by atoms with E-state index in [0.29, 0.717) is 17.8 Å². The van der Waals surface area contributed by atoms with Gasteiger partial charge < -0.3 is 20.9 Å². The molecule has 0 spiro atoms. The number of piperidine rings is 1. The summed E-state index contributed by atoms with van der Waals surface area (Å²) in [4.78, 5) is 28.4. The smallest absolute Gasteiger partial charge is 0.231 e. The molecule has 1 aliphatic heterocycles. The second-order valence-corrected chi connectivity index (χ2v) is 5.35. The maximum Gasteiger partial charge on any atom is 0.231 e. The first-order valence-corrected chi connectivity index (χ1v) is 7.22. The number of aromatic nitrogens is 3. The summed E-state index contributed by atoms with van der Waals surface area (Å²) in [6.45, 7) is 4.21. The van der Waals surface area contributed by atoms with Gasteiger partial charge in [0.25, 0.3) is 0 Å². The molecular weight excluding hydrogens is 270 g/mol. The first-order valence-electron chi connectivity index (χ1n) is 7.22. The van der Waals surface area contributed by atoms with E-state index in [0.717, 1.165) is 32.5 Å². The van der Waals surface area contributed by atoms with Gasteiger partial charge in [-0.25, -0.2) is 0 Å². The number of primary amides is 1. The Hall–Kier alpha value is -2.12. The number of anilines is 3. The van der Waals surface area contributed by atoms with Crippen LogP contribution in [0.1, 0.15) is 19.8 Å². The lowest BCUT2D eigenvalue weighted by Gasteiger charge is -2.31. The van der Waals surface area contributed by atoms with Crippen LogP contribution >= 0.6 is 0 Å². The van der Waals surface area contributed by atoms with Crippen molar-refractivity contribution in [3.05, 3.63) is 0 Å². The first kappa shape index (κ1) is 15.3. The second-order valence-electron chi connectivity index (χ2n) is 5.35. The number of nitrogens with two attached hydrogens (primary N) is 1. The summed E-state index contributed by atoms with van der Waals surface area (Å²) < 4.78 is 0. The zero-order valence-corrected chi connectivity index (χ0v) is 12.8. The van der Waals surface area contributed by atoms with Crippen LogP contribution in [0.25, 0.3) is 0 Å². The van der Waals surface area contributed by atoms with Crippen LogP contribution in [0.4, 0.5) is 17.8 Å². The third-order valence-electron chi connectivity index (χ3n) is 3.53. The summed E-state index contributed by atoms with van der Waals surface area (Å²) in [5.41, 5.74) is 5.36. The fraction of sp³-hybridized carbons (Fsp3) is 0.692. The lowest BCUT2D eigenvalue weighted by Crippen LogP contribution is -2.39. The van der Waals surface area contributed by atoms with Crippen LogP contribution in [0.2, 0.25) is 0 Å². The monoisotopic (exact) mass is 293 g/mol. The molecule has 116 valence electrons. The van der Waals surface area contributed by atoms with Crippen LogP contribution in [-0.2, 0) is 4.79 Å². The molecule has 8 heteroatoms. The van der Waals surface area contributed by atoms with Crippen molar-refractivity contribution in [3.8, 4) is 0 Å². The number of nitrogens with zero attached hydrogens (tertiary/aromatic N) is 5. The van der Waals surface area contributed by atoms with Gasteiger partial charge in [-0.2, -0.15) is 15.0 Å². The molecule has 1 saturated heterocycles. The summed E-state index contributed by atoms with van der Waals surface area (Å²) in [6.07, 6.45) is 1.49. The molecule has 0 atom stereocenters. The van der Waals surface area contributed by atoms with Gasteiger partial charge in [0.15, 0.2) is 0 Å². The summed E-state index contributed by atoms with van der Waals surface area (Å²) in [5, 5.41) is 3.12. The molecule has 0 unspecified atom stereocenters. The molecule has 1 amide bonds. The molecule has 1 aromatic rings. The van der Waals surface area contributed by atoms with Crippen molar-refractivity contribution in [2.75, 3.05) is 48.8 Å². The van der Waals surface area contributed by atoms with Crippen molar-refractivity contribution < 1.29 is 4.79 Å². The van der Waals surface area contributed by atoms with E-state index in [1.54, 1.807) is 0 Å². The maximum absolute atomic E-state index is 11.2. The van der Waals surface area contributed by atoms with Crippen molar-refractivity contribution in [3.63, 3.8) is 0 Å². The van der Waals surface area contributed by atoms with E-state index in [-0.39, 0.29) is 11.8 Å². The molecule has 3 N–H and O–H groups in total. The van der Waals surface area contributed by atoms with Gasteiger partial charge in [0, 0.05) is 39.6 Å². The number of nitrogens with one attached hydrogen (secondary N) is 1. The average molecular weight is 293 g/mol. The number of amides is 1. The molecule has 2 heterocycles. The Labute approximate surface area is 124 Å². The minimum atomic E-state index is -0.215. The van der Waals surface area contributed by atoms with Gasteiger partial charge >= 0.3 is 0 Å². The Bertz CT molecular complexity index is 497. The van der Waals surface area contributed by atoms with Crippen molar-refractivity contribution in [2.24, 2.45) is 11.7 Å². The zero-order valence-electron chi connectivity index (χ0n) is 12.8. The average Bonchev–Trinajstić information content (AvgIpc) is 2.47. The molecule has 1 fully saturated rings. The number of hydrogen-bond donors (Lipinski definition) is 2. The summed E-state index contributed by atoms with van der Waals surface area (Å²) >= 11 is 0. The zero-order chi connectivity index (χ0) is 15.4. The molecule has 0 radical (unpaired) electrons. The van der Waals surface area contributed by atoms with Crippen LogP contribution in [0.15, 0.2) is 0 Å². The predicted octanol–water partition coefficient (Wildman–Crippen LogP) is 0.0711. The topological polar surface area (TPSA) is 100 Å². The molecule has 0 bridgehead atoms. The van der Waals surface area contributed by atoms with E-state index in [1.807, 2.05) is 25.9 Å². The van der Waals surface area contributed by atoms with Gasteiger partial charge in [0.1, 0.15) is 0 Å². The molecular formula is C13H23N7O. The van der Waals surface area contributed by atoms with Crippen molar-refractivity contribution >= 4 is 23.8 Å². The highest BCUT2D eigenvalue weighted by Crippen LogP contribution is 2.22. The highest BCUT2D eigenvalue weighted by Gasteiger charge is 2.25. The summed E-state index contributed by atoms with van der Waals surface area (Å²) in [6, 6.07) is 0. The van der Waals surface area contributed by atoms with Crippen LogP contribution in [0.5, 0.6) is 0 Å². The Morgan fingerprint density at radius 1 is 1.33 bits per heavy atom. The minimum absolute atomic E-state index is 0.0374. The number of rotatable bonds is 5. The van der Waals surface area contributed by atoms with Gasteiger partial charge in [0.05, 0.1) is 0 Å². The SMILES string of the molecule is CCNc1nc(N(C)C)nc(N2CCC(C(N)=O)CC2)n1. The van der Waals surface area contributed by atoms with E-state index in [2.05, 4.69) is 25.2 Å². The van der Waals surface area contributed by atoms with Gasteiger partial charge in [-0.15, -0.1) is 0 Å². The van der Waals surface area contributed by atoms with Crippen LogP contribution in [0.3, 0.4) is 0 Å². The van der Waals surface area contributed by atoms with Gasteiger partial charge in [0.2, 0.25) is 23.8 Å². The van der Waals surface area contributed by atoms with E-state index >= 15 is 0 Å². The molecule has 8 nitrogen and oxygen atoms in total. The fourth-order valence-corrected chi connectivity index (χ4v) is 2.30. The number of carbonyl (C=O) groups is 1. The largest absolute Gasteiger partial charge is 0.369 e. The van der Waals surface area contributed by atoms with E-state index in [9.17, 15) is 4.79 Å². The molecule has 0 aromatic carbocycles. The Morgan fingerprint density at radius 3 is 2.52 bits per heavy atom. The molecule has 21 heavy (non-hydrogen) atoms. The second kappa shape index (κ2) is 6.55. The van der Waals surface area contributed by atoms with Gasteiger partial charge in [-0.1, -0.05) is 0 Å². The highest BCUT2D eigenvalue weighted by atomic mass is 16.1. The van der Waals surface area contributed by atoms with Crippen LogP contribution < -0.4 is 20.9 Å². The lowest BCUT2D eigenvalue weighted by molar-refractivity contribution is -0.122.